The van der Waals surface area contributed by atoms with E-state index in [1.54, 1.807) is 0 Å². The molecule has 0 unspecified atom stereocenters. The Balaban J connectivity index is -0.000000125. The zero-order valence-corrected chi connectivity index (χ0v) is 11.5. The Kier molecular flexibility index (Phi) is 31.9. The van der Waals surface area contributed by atoms with Gasteiger partial charge < -0.3 is 0 Å². The van der Waals surface area contributed by atoms with Crippen LogP contribution in [-0.4, -0.2) is 0 Å². The molecule has 0 nitrogen and oxygen atoms in total. The first-order valence-corrected chi connectivity index (χ1v) is 2.91. The Morgan fingerprint density at radius 2 is 1.00 bits per heavy atom. The largest absolute Gasteiger partial charge is 3.00 e. The average molecular weight is 454 g/mol. The molecule has 0 aromatic heterocycles. The van der Waals surface area contributed by atoms with Crippen molar-refractivity contribution in [1.82, 2.24) is 0 Å². The summed E-state index contributed by atoms with van der Waals surface area (Å²) in [5.74, 6) is 0. The van der Waals surface area contributed by atoms with Crippen molar-refractivity contribution in [2.75, 3.05) is 0 Å². The molecule has 0 rings (SSSR count). The molecule has 0 amide bonds. The van der Waals surface area contributed by atoms with Crippen LogP contribution in [0.25, 0.3) is 0 Å². The van der Waals surface area contributed by atoms with Crippen LogP contribution in [0.3, 0.4) is 0 Å². The van der Waals surface area contributed by atoms with E-state index in [4.69, 9.17) is 0 Å². The molecule has 0 aromatic rings. The van der Waals surface area contributed by atoms with Crippen LogP contribution in [0.1, 0.15) is 39.5 Å². The van der Waals surface area contributed by atoms with Crippen LogP contribution in [-0.2, 0) is 42.1 Å². The molecule has 2 radical (unpaired) electrons. The zero-order valence-electron chi connectivity index (χ0n) is 5.64. The van der Waals surface area contributed by atoms with Gasteiger partial charge in [0.25, 0.3) is 0 Å². The second-order valence-corrected chi connectivity index (χ2v) is 1.71. The third kappa shape index (κ3) is 15.7. The molecule has 8 heavy (non-hydrogen) atoms. The second kappa shape index (κ2) is 15.8. The van der Waals surface area contributed by atoms with Gasteiger partial charge in [0, 0.05) is 0 Å². The van der Waals surface area contributed by atoms with Gasteiger partial charge in [-0.1, -0.05) is 39.5 Å². The van der Waals surface area contributed by atoms with Crippen molar-refractivity contribution in [2.24, 2.45) is 0 Å². The quantitative estimate of drug-likeness (QED) is 0.576. The molecule has 0 aliphatic carbocycles. The van der Waals surface area contributed by atoms with Crippen molar-refractivity contribution in [3.8, 4) is 0 Å². The van der Waals surface area contributed by atoms with Crippen molar-refractivity contribution >= 4 is 0 Å². The first-order chi connectivity index (χ1) is 2.91. The van der Waals surface area contributed by atoms with Crippen LogP contribution < -0.4 is 0 Å². The van der Waals surface area contributed by atoms with Crippen LogP contribution in [0.5, 0.6) is 0 Å². The van der Waals surface area contributed by atoms with E-state index in [9.17, 15) is 0 Å². The van der Waals surface area contributed by atoms with Crippen molar-refractivity contribution in [3.05, 3.63) is 0 Å². The van der Waals surface area contributed by atoms with Crippen molar-refractivity contribution < 1.29 is 42.1 Å². The number of unbranched alkanes of at least 4 members (excludes halogenated alkanes) is 3. The summed E-state index contributed by atoms with van der Waals surface area (Å²) in [5, 5.41) is 0. The Morgan fingerprint density at radius 3 is 1.12 bits per heavy atom. The Morgan fingerprint density at radius 1 is 0.750 bits per heavy atom. The molecule has 44 valence electrons. The first kappa shape index (κ1) is 16.2. The summed E-state index contributed by atoms with van der Waals surface area (Å²) in [7, 11) is 0. The minimum atomic E-state index is 0. The summed E-state index contributed by atoms with van der Waals surface area (Å²) in [6.45, 7) is 4.46. The molecule has 0 saturated carbocycles. The maximum atomic E-state index is 2.23. The number of hydrogen-bond donors (Lipinski definition) is 0. The third-order valence-electron chi connectivity index (χ3n) is 0.957. The number of rotatable bonds is 3. The standard InChI is InChI=1S/C6H14.2W/c1-3-5-6-4-2;;/h3-6H2,1-2H3;;/q;2*+3. The summed E-state index contributed by atoms with van der Waals surface area (Å²) in [6, 6.07) is 0. The summed E-state index contributed by atoms with van der Waals surface area (Å²) in [6.07, 6.45) is 5.54. The molecule has 0 heterocycles. The van der Waals surface area contributed by atoms with Crippen molar-refractivity contribution in [3.63, 3.8) is 0 Å². The van der Waals surface area contributed by atoms with Gasteiger partial charge in [0.05, 0.1) is 0 Å². The molecule has 0 aromatic carbocycles. The van der Waals surface area contributed by atoms with E-state index in [1.165, 1.54) is 25.7 Å². The normalized spacial score (nSPS) is 6.75. The fraction of sp³-hybridized carbons (Fsp3) is 1.00. The Hall–Kier alpha value is 1.38. The molecule has 0 aliphatic rings. The second-order valence-electron chi connectivity index (χ2n) is 1.71. The van der Waals surface area contributed by atoms with Crippen LogP contribution in [0.4, 0.5) is 0 Å². The van der Waals surface area contributed by atoms with E-state index < -0.39 is 0 Å². The predicted molar refractivity (Wildman–Crippen MR) is 29.8 cm³/mol. The minimum Gasteiger partial charge on any atom is -0.0654 e. The van der Waals surface area contributed by atoms with Gasteiger partial charge >= 0.3 is 42.1 Å². The molecule has 0 aliphatic heterocycles. The number of hydrogen-bond acceptors (Lipinski definition) is 0. The van der Waals surface area contributed by atoms with Crippen LogP contribution in [0, 0.1) is 0 Å². The van der Waals surface area contributed by atoms with Gasteiger partial charge in [-0.05, 0) is 0 Å². The summed E-state index contributed by atoms with van der Waals surface area (Å²) >= 11 is 0. The topological polar surface area (TPSA) is 0 Å². The van der Waals surface area contributed by atoms with E-state index in [2.05, 4.69) is 13.8 Å². The maximum Gasteiger partial charge on any atom is 3.00 e. The third-order valence-corrected chi connectivity index (χ3v) is 0.957. The molecule has 0 N–H and O–H groups in total. The monoisotopic (exact) mass is 454 g/mol. The van der Waals surface area contributed by atoms with E-state index in [-0.39, 0.29) is 42.1 Å². The molecule has 0 spiro atoms. The van der Waals surface area contributed by atoms with Gasteiger partial charge in [0.1, 0.15) is 0 Å². The van der Waals surface area contributed by atoms with Gasteiger partial charge in [-0.15, -0.1) is 0 Å². The summed E-state index contributed by atoms with van der Waals surface area (Å²) < 4.78 is 0. The molecular formula is C6H14W2+6. The molecule has 0 bridgehead atoms. The van der Waals surface area contributed by atoms with E-state index in [1.807, 2.05) is 0 Å². The minimum absolute atomic E-state index is 0. The van der Waals surface area contributed by atoms with Gasteiger partial charge in [-0.3, -0.25) is 0 Å². The molecular weight excluding hydrogens is 440 g/mol. The predicted octanol–water partition coefficient (Wildman–Crippen LogP) is 2.58. The van der Waals surface area contributed by atoms with E-state index in [0.29, 0.717) is 0 Å². The molecule has 0 atom stereocenters. The smallest absolute Gasteiger partial charge is 0.0654 e. The van der Waals surface area contributed by atoms with E-state index >= 15 is 0 Å². The van der Waals surface area contributed by atoms with Gasteiger partial charge in [0.15, 0.2) is 0 Å². The zero-order chi connectivity index (χ0) is 4.83. The summed E-state index contributed by atoms with van der Waals surface area (Å²) in [5.41, 5.74) is 0. The average Bonchev–Trinajstić information content (AvgIpc) is 1.61. The SMILES string of the molecule is CCCCCC.[W+3].[W+3]. The Bertz CT molecular complexity index is 18.5. The molecule has 0 fully saturated rings. The van der Waals surface area contributed by atoms with Crippen LogP contribution in [0.2, 0.25) is 0 Å². The van der Waals surface area contributed by atoms with E-state index in [0.717, 1.165) is 0 Å². The molecule has 0 saturated heterocycles. The van der Waals surface area contributed by atoms with Crippen molar-refractivity contribution in [1.29, 1.82) is 0 Å². The maximum absolute atomic E-state index is 2.23. The van der Waals surface area contributed by atoms with Gasteiger partial charge in [0.2, 0.25) is 0 Å². The van der Waals surface area contributed by atoms with Crippen LogP contribution in [0.15, 0.2) is 0 Å². The van der Waals surface area contributed by atoms with Gasteiger partial charge in [-0.2, -0.15) is 0 Å². The molecule has 2 heteroatoms. The fourth-order valence-corrected chi connectivity index (χ4v) is 0.500. The first-order valence-electron chi connectivity index (χ1n) is 2.91. The van der Waals surface area contributed by atoms with Gasteiger partial charge in [-0.25, -0.2) is 0 Å². The summed E-state index contributed by atoms with van der Waals surface area (Å²) in [4.78, 5) is 0. The van der Waals surface area contributed by atoms with Crippen LogP contribution >= 0.6 is 0 Å². The van der Waals surface area contributed by atoms with Crippen molar-refractivity contribution in [2.45, 2.75) is 39.5 Å². The Labute approximate surface area is 81.3 Å². The fourth-order valence-electron chi connectivity index (χ4n) is 0.500.